The molecule has 3 rings (SSSR count). The number of rotatable bonds is 4. The minimum absolute atomic E-state index is 0.00243. The number of sulfonamides is 1. The van der Waals surface area contributed by atoms with Crippen molar-refractivity contribution >= 4 is 16.0 Å². The molecule has 7 nitrogen and oxygen atoms in total. The van der Waals surface area contributed by atoms with Gasteiger partial charge in [-0.2, -0.15) is 13.2 Å². The molecule has 0 radical (unpaired) electrons. The zero-order valence-electron chi connectivity index (χ0n) is 16.3. The zero-order valence-corrected chi connectivity index (χ0v) is 17.1. The van der Waals surface area contributed by atoms with E-state index in [2.05, 4.69) is 9.97 Å². The van der Waals surface area contributed by atoms with Crippen LogP contribution < -0.4 is 10.9 Å². The summed E-state index contributed by atoms with van der Waals surface area (Å²) in [6, 6.07) is 2.27. The van der Waals surface area contributed by atoms with Crippen LogP contribution in [0.15, 0.2) is 23.2 Å². The van der Waals surface area contributed by atoms with Crippen molar-refractivity contribution in [3.05, 3.63) is 35.2 Å². The molecule has 5 N–H and O–H groups in total. The maximum Gasteiger partial charge on any atom is 0.417 e. The first kappa shape index (κ1) is 22.4. The maximum absolute atomic E-state index is 14.0. The third-order valence-corrected chi connectivity index (χ3v) is 6.51. The number of nitrogens with two attached hydrogens (primary N) is 2. The minimum Gasteiger partial charge on any atom is -0.396 e. The molecule has 30 heavy (non-hydrogen) atoms. The molecule has 0 amide bonds. The van der Waals surface area contributed by atoms with Crippen molar-refractivity contribution in [1.82, 2.24) is 9.97 Å². The number of aromatic nitrogens is 2. The maximum atomic E-state index is 14.0. The summed E-state index contributed by atoms with van der Waals surface area (Å²) in [5, 5.41) is 14.5. The fourth-order valence-electron chi connectivity index (χ4n) is 4.07. The predicted molar refractivity (Wildman–Crippen MR) is 105 cm³/mol. The molecule has 0 unspecified atom stereocenters. The van der Waals surface area contributed by atoms with Crippen LogP contribution in [0.4, 0.5) is 19.1 Å². The average Bonchev–Trinajstić information content (AvgIpc) is 2.65. The Bertz CT molecular complexity index is 1050. The van der Waals surface area contributed by atoms with Crippen molar-refractivity contribution in [3.8, 4) is 11.1 Å². The Kier molecular flexibility index (Phi) is 6.08. The van der Waals surface area contributed by atoms with Crippen LogP contribution in [-0.4, -0.2) is 30.1 Å². The van der Waals surface area contributed by atoms with Gasteiger partial charge in [-0.25, -0.2) is 23.5 Å². The van der Waals surface area contributed by atoms with E-state index in [1.165, 1.54) is 12.3 Å². The number of primary sulfonamides is 1. The molecule has 1 aliphatic rings. The summed E-state index contributed by atoms with van der Waals surface area (Å²) in [6.07, 6.45) is -1.65. The van der Waals surface area contributed by atoms with Gasteiger partial charge < -0.3 is 10.8 Å². The van der Waals surface area contributed by atoms with E-state index in [0.717, 1.165) is 6.07 Å². The van der Waals surface area contributed by atoms with Gasteiger partial charge in [-0.3, -0.25) is 0 Å². The highest BCUT2D eigenvalue weighted by Gasteiger charge is 2.41. The lowest BCUT2D eigenvalue weighted by Crippen LogP contribution is -2.24. The van der Waals surface area contributed by atoms with Crippen LogP contribution in [-0.2, 0) is 16.2 Å². The summed E-state index contributed by atoms with van der Waals surface area (Å²) in [6.45, 7) is 1.58. The first-order valence-electron chi connectivity index (χ1n) is 9.40. The van der Waals surface area contributed by atoms with Gasteiger partial charge in [-0.1, -0.05) is 6.07 Å². The molecule has 0 bridgehead atoms. The third-order valence-electron chi connectivity index (χ3n) is 5.58. The lowest BCUT2D eigenvalue weighted by Gasteiger charge is -2.30. The van der Waals surface area contributed by atoms with Gasteiger partial charge in [0.25, 0.3) is 0 Å². The van der Waals surface area contributed by atoms with Gasteiger partial charge >= 0.3 is 6.18 Å². The van der Waals surface area contributed by atoms with Crippen LogP contribution >= 0.6 is 0 Å². The second kappa shape index (κ2) is 8.12. The number of benzene rings is 1. The third kappa shape index (κ3) is 4.57. The molecule has 164 valence electrons. The van der Waals surface area contributed by atoms with E-state index in [9.17, 15) is 26.7 Å². The zero-order chi connectivity index (χ0) is 22.3. The van der Waals surface area contributed by atoms with Gasteiger partial charge in [0.15, 0.2) is 0 Å². The average molecular weight is 444 g/mol. The number of aliphatic hydroxyl groups is 1. The second-order valence-corrected chi connectivity index (χ2v) is 9.14. The Morgan fingerprint density at radius 1 is 1.20 bits per heavy atom. The SMILES string of the molecule is Cc1nc(N)ncc1-c1cc(C2CCC(CO)CC2)c(C(F)(F)F)c(S(N)(=O)=O)c1. The van der Waals surface area contributed by atoms with Gasteiger partial charge in [0.05, 0.1) is 16.2 Å². The Morgan fingerprint density at radius 3 is 2.33 bits per heavy atom. The Morgan fingerprint density at radius 2 is 1.83 bits per heavy atom. The van der Waals surface area contributed by atoms with E-state index < -0.39 is 32.6 Å². The lowest BCUT2D eigenvalue weighted by atomic mass is 9.77. The number of aryl methyl sites for hydroxylation is 1. The molecule has 11 heteroatoms. The molecular weight excluding hydrogens is 421 g/mol. The standard InChI is InChI=1S/C19H23F3N4O3S/c1-10-15(8-25-18(23)26-10)13-6-14(12-4-2-11(9-27)3-5-12)17(19(20,21)22)16(7-13)30(24,28)29/h6-8,11-12,27H,2-5,9H2,1H3,(H2,23,25,26)(H2,24,28,29). The van der Waals surface area contributed by atoms with Crippen LogP contribution in [0, 0.1) is 12.8 Å². The molecule has 0 spiro atoms. The normalized spacial score (nSPS) is 20.3. The summed E-state index contributed by atoms with van der Waals surface area (Å²) in [5.41, 5.74) is 5.21. The summed E-state index contributed by atoms with van der Waals surface area (Å²) < 4.78 is 66.3. The van der Waals surface area contributed by atoms with Crippen LogP contribution in [0.3, 0.4) is 0 Å². The van der Waals surface area contributed by atoms with E-state index in [0.29, 0.717) is 36.9 Å². The lowest BCUT2D eigenvalue weighted by molar-refractivity contribution is -0.140. The van der Waals surface area contributed by atoms with Gasteiger partial charge in [-0.05, 0) is 61.6 Å². The number of aliphatic hydroxyl groups excluding tert-OH is 1. The molecule has 2 aromatic rings. The number of alkyl halides is 3. The topological polar surface area (TPSA) is 132 Å². The number of nitrogens with zero attached hydrogens (tertiary/aromatic N) is 2. The van der Waals surface area contributed by atoms with Crippen molar-refractivity contribution < 1.29 is 26.7 Å². The van der Waals surface area contributed by atoms with Crippen LogP contribution in [0.5, 0.6) is 0 Å². The highest BCUT2D eigenvalue weighted by molar-refractivity contribution is 7.89. The summed E-state index contributed by atoms with van der Waals surface area (Å²) >= 11 is 0. The van der Waals surface area contributed by atoms with Crippen molar-refractivity contribution in [2.75, 3.05) is 12.3 Å². The molecule has 0 saturated heterocycles. The summed E-state index contributed by atoms with van der Waals surface area (Å²) in [7, 11) is -4.67. The molecule has 0 aliphatic heterocycles. The van der Waals surface area contributed by atoms with E-state index in [4.69, 9.17) is 10.9 Å². The van der Waals surface area contributed by atoms with Crippen LogP contribution in [0.2, 0.25) is 0 Å². The summed E-state index contributed by atoms with van der Waals surface area (Å²) in [4.78, 5) is 6.92. The molecular formula is C19H23F3N4O3S. The first-order valence-corrected chi connectivity index (χ1v) is 10.9. The van der Waals surface area contributed by atoms with Crippen molar-refractivity contribution in [2.45, 2.75) is 49.6 Å². The predicted octanol–water partition coefficient (Wildman–Crippen LogP) is 2.97. The highest BCUT2D eigenvalue weighted by atomic mass is 32.2. The van der Waals surface area contributed by atoms with Crippen molar-refractivity contribution in [2.24, 2.45) is 11.1 Å². The van der Waals surface area contributed by atoms with Crippen LogP contribution in [0.25, 0.3) is 11.1 Å². The van der Waals surface area contributed by atoms with Crippen LogP contribution in [0.1, 0.15) is 48.4 Å². The summed E-state index contributed by atoms with van der Waals surface area (Å²) in [5.74, 6) is -0.485. The quantitative estimate of drug-likeness (QED) is 0.664. The molecule has 1 aromatic carbocycles. The monoisotopic (exact) mass is 444 g/mol. The smallest absolute Gasteiger partial charge is 0.396 e. The molecule has 1 aromatic heterocycles. The minimum atomic E-state index is -4.91. The Hall–Kier alpha value is -2.24. The van der Waals surface area contributed by atoms with Gasteiger partial charge in [0.2, 0.25) is 16.0 Å². The second-order valence-electron chi connectivity index (χ2n) is 7.61. The van der Waals surface area contributed by atoms with E-state index in [-0.39, 0.29) is 29.6 Å². The van der Waals surface area contributed by atoms with Crippen molar-refractivity contribution in [3.63, 3.8) is 0 Å². The number of hydrogen-bond acceptors (Lipinski definition) is 6. The Labute approximate surface area is 172 Å². The van der Waals surface area contributed by atoms with Gasteiger partial charge in [0, 0.05) is 18.4 Å². The van der Waals surface area contributed by atoms with Gasteiger partial charge in [0.1, 0.15) is 0 Å². The number of anilines is 1. The fraction of sp³-hybridized carbons (Fsp3) is 0.474. The number of halogens is 3. The van der Waals surface area contributed by atoms with Gasteiger partial charge in [-0.15, -0.1) is 0 Å². The molecule has 1 heterocycles. The molecule has 0 atom stereocenters. The largest absolute Gasteiger partial charge is 0.417 e. The first-order chi connectivity index (χ1) is 13.9. The molecule has 1 fully saturated rings. The van der Waals surface area contributed by atoms with E-state index >= 15 is 0 Å². The highest BCUT2D eigenvalue weighted by Crippen LogP contribution is 2.46. The van der Waals surface area contributed by atoms with Crippen molar-refractivity contribution in [1.29, 1.82) is 0 Å². The Balaban J connectivity index is 2.27. The number of hydrogen-bond donors (Lipinski definition) is 3. The van der Waals surface area contributed by atoms with E-state index in [1.54, 1.807) is 6.92 Å². The molecule has 1 aliphatic carbocycles. The molecule has 1 saturated carbocycles. The number of nitrogen functional groups attached to an aromatic ring is 1. The van der Waals surface area contributed by atoms with E-state index in [1.807, 2.05) is 0 Å². The fourth-order valence-corrected chi connectivity index (χ4v) is 4.88.